The Morgan fingerprint density at radius 1 is 0.974 bits per heavy atom. The number of aryl methyl sites for hydroxylation is 1. The highest BCUT2D eigenvalue weighted by molar-refractivity contribution is 7.94. The summed E-state index contributed by atoms with van der Waals surface area (Å²) >= 11 is 0.543. The fourth-order valence-electron chi connectivity index (χ4n) is 3.26. The van der Waals surface area contributed by atoms with Gasteiger partial charge in [-0.2, -0.15) is 21.8 Å². The van der Waals surface area contributed by atoms with Crippen LogP contribution in [0.4, 0.5) is 28.8 Å². The lowest BCUT2D eigenvalue weighted by atomic mass is 10.3. The largest absolute Gasteiger partial charge is 0.341 e. The number of benzene rings is 2. The molecule has 2 aromatic carbocycles. The molecular formula is C21H24N6O9S3. The summed E-state index contributed by atoms with van der Waals surface area (Å²) in [6.07, 6.45) is 0. The molecule has 0 radical (unpaired) electrons. The minimum Gasteiger partial charge on any atom is -0.341 e. The van der Waals surface area contributed by atoms with E-state index in [1.54, 1.807) is 6.92 Å². The molecule has 0 aliphatic heterocycles. The van der Waals surface area contributed by atoms with Crippen molar-refractivity contribution in [1.29, 1.82) is 0 Å². The van der Waals surface area contributed by atoms with E-state index in [1.165, 1.54) is 36.4 Å². The monoisotopic (exact) mass is 600 g/mol. The van der Waals surface area contributed by atoms with E-state index in [2.05, 4.69) is 34.9 Å². The quantitative estimate of drug-likeness (QED) is 0.0728. The summed E-state index contributed by atoms with van der Waals surface area (Å²) < 4.78 is 69.8. The second-order valence-corrected chi connectivity index (χ2v) is 11.2. The molecule has 3 rings (SSSR count). The van der Waals surface area contributed by atoms with Crippen LogP contribution < -0.4 is 10.2 Å². The Labute approximate surface area is 228 Å². The molecule has 3 aromatic rings. The molecule has 0 amide bonds. The summed E-state index contributed by atoms with van der Waals surface area (Å²) in [4.78, 5) is 10.3. The van der Waals surface area contributed by atoms with Crippen molar-refractivity contribution in [2.24, 2.45) is 10.2 Å². The van der Waals surface area contributed by atoms with Crippen LogP contribution in [0.15, 0.2) is 67.4 Å². The van der Waals surface area contributed by atoms with Gasteiger partial charge < -0.3 is 10.2 Å². The Balaban J connectivity index is 2.12. The standard InChI is InChI=1S/C21H24N6O9S3/c1-4-27(5-2)21-22-13(3)19(20(24-21)23-14-6-9-16(10-7-14)38(29,30)31)26-25-17-12-15(37-36-35-28)8-11-18(17)39(32,33)34/h6-12,28H,4-5H2,1-3H3,(H,22,23,24)(H,29,30,31)(H,32,33,34). The third-order valence-electron chi connectivity index (χ3n) is 5.13. The number of rotatable bonds is 12. The molecule has 0 bridgehead atoms. The Hall–Kier alpha value is -3.23. The lowest BCUT2D eigenvalue weighted by molar-refractivity contribution is -0.432. The average molecular weight is 601 g/mol. The maximum absolute atomic E-state index is 11.9. The number of nitrogens with one attached hydrogen (secondary N) is 1. The van der Waals surface area contributed by atoms with Gasteiger partial charge in [-0.05, 0) is 63.2 Å². The Morgan fingerprint density at radius 2 is 1.64 bits per heavy atom. The van der Waals surface area contributed by atoms with Gasteiger partial charge in [-0.15, -0.1) is 14.6 Å². The molecule has 0 spiro atoms. The zero-order valence-electron chi connectivity index (χ0n) is 20.7. The van der Waals surface area contributed by atoms with Crippen LogP contribution >= 0.6 is 12.0 Å². The summed E-state index contributed by atoms with van der Waals surface area (Å²) in [6.45, 7) is 6.68. The number of nitrogens with zero attached hydrogens (tertiary/aromatic N) is 5. The highest BCUT2D eigenvalue weighted by Gasteiger charge is 2.19. The van der Waals surface area contributed by atoms with Crippen molar-refractivity contribution in [2.45, 2.75) is 35.5 Å². The lowest BCUT2D eigenvalue weighted by Crippen LogP contribution is -2.24. The minimum absolute atomic E-state index is 0.110. The van der Waals surface area contributed by atoms with Gasteiger partial charge >= 0.3 is 0 Å². The van der Waals surface area contributed by atoms with Gasteiger partial charge in [0.15, 0.2) is 5.82 Å². The van der Waals surface area contributed by atoms with Crippen molar-refractivity contribution in [2.75, 3.05) is 23.3 Å². The molecule has 0 unspecified atom stereocenters. The number of azo groups is 1. The van der Waals surface area contributed by atoms with E-state index in [4.69, 9.17) is 5.26 Å². The third kappa shape index (κ3) is 7.90. The zero-order chi connectivity index (χ0) is 28.8. The first-order chi connectivity index (χ1) is 18.4. The molecule has 0 fully saturated rings. The Bertz CT molecular complexity index is 1560. The number of aromatic nitrogens is 2. The number of anilines is 3. The van der Waals surface area contributed by atoms with Crippen molar-refractivity contribution in [3.63, 3.8) is 0 Å². The highest BCUT2D eigenvalue weighted by atomic mass is 32.2. The molecule has 0 aliphatic rings. The molecule has 4 N–H and O–H groups in total. The number of hydrogen-bond donors (Lipinski definition) is 4. The normalized spacial score (nSPS) is 12.2. The van der Waals surface area contributed by atoms with Gasteiger partial charge in [0, 0.05) is 23.7 Å². The summed E-state index contributed by atoms with van der Waals surface area (Å²) in [5.41, 5.74) is 0.600. The van der Waals surface area contributed by atoms with E-state index >= 15 is 0 Å². The van der Waals surface area contributed by atoms with E-state index in [9.17, 15) is 25.9 Å². The predicted octanol–water partition coefficient (Wildman–Crippen LogP) is 4.71. The average Bonchev–Trinajstić information content (AvgIpc) is 2.87. The van der Waals surface area contributed by atoms with E-state index in [1.807, 2.05) is 18.7 Å². The molecule has 0 atom stereocenters. The van der Waals surface area contributed by atoms with Gasteiger partial charge in [0.1, 0.15) is 16.3 Å². The van der Waals surface area contributed by atoms with Crippen LogP contribution in [0.25, 0.3) is 0 Å². The van der Waals surface area contributed by atoms with Crippen molar-refractivity contribution in [3.8, 4) is 0 Å². The fraction of sp³-hybridized carbons (Fsp3) is 0.238. The van der Waals surface area contributed by atoms with Crippen molar-refractivity contribution in [1.82, 2.24) is 9.97 Å². The molecule has 18 heteroatoms. The molecule has 15 nitrogen and oxygen atoms in total. The van der Waals surface area contributed by atoms with Crippen LogP contribution in [-0.4, -0.2) is 54.3 Å². The van der Waals surface area contributed by atoms with Crippen molar-refractivity contribution in [3.05, 3.63) is 48.2 Å². The molecule has 1 aromatic heterocycles. The van der Waals surface area contributed by atoms with Gasteiger partial charge in [0.05, 0.1) is 22.6 Å². The van der Waals surface area contributed by atoms with E-state index in [-0.39, 0.29) is 27.0 Å². The smallest absolute Gasteiger partial charge is 0.296 e. The Morgan fingerprint density at radius 3 is 2.21 bits per heavy atom. The number of hydrogen-bond acceptors (Lipinski definition) is 14. The SMILES string of the molecule is CCN(CC)c1nc(C)c(N=Nc2cc(SOOO)ccc2S(=O)(=O)O)c(Nc2ccc(S(=O)(=O)O)cc2)n1. The molecule has 0 saturated carbocycles. The van der Waals surface area contributed by atoms with Crippen molar-refractivity contribution < 1.29 is 40.6 Å². The van der Waals surface area contributed by atoms with Crippen LogP contribution in [0, 0.1) is 6.92 Å². The highest BCUT2D eigenvalue weighted by Crippen LogP contribution is 2.35. The molecule has 210 valence electrons. The summed E-state index contributed by atoms with van der Waals surface area (Å²) in [5, 5.41) is 23.1. The minimum atomic E-state index is -4.69. The molecule has 39 heavy (non-hydrogen) atoms. The van der Waals surface area contributed by atoms with Crippen LogP contribution in [0.3, 0.4) is 0 Å². The van der Waals surface area contributed by atoms with Gasteiger partial charge in [0.25, 0.3) is 20.2 Å². The molecule has 0 saturated heterocycles. The fourth-order valence-corrected chi connectivity index (χ4v) is 4.73. The first-order valence-electron chi connectivity index (χ1n) is 11.0. The van der Waals surface area contributed by atoms with E-state index in [0.717, 1.165) is 6.07 Å². The zero-order valence-corrected chi connectivity index (χ0v) is 23.2. The summed E-state index contributed by atoms with van der Waals surface area (Å²) in [7, 11) is -9.08. The first kappa shape index (κ1) is 30.3. The lowest BCUT2D eigenvalue weighted by Gasteiger charge is -2.20. The molecule has 1 heterocycles. The topological polar surface area (TPSA) is 213 Å². The van der Waals surface area contributed by atoms with Crippen LogP contribution in [0.5, 0.6) is 0 Å². The third-order valence-corrected chi connectivity index (χ3v) is 7.48. The summed E-state index contributed by atoms with van der Waals surface area (Å²) in [6, 6.07) is 8.75. The van der Waals surface area contributed by atoms with Gasteiger partial charge in [-0.25, -0.2) is 10.2 Å². The Kier molecular flexibility index (Phi) is 9.91. The second-order valence-electron chi connectivity index (χ2n) is 7.63. The van der Waals surface area contributed by atoms with Crippen molar-refractivity contribution >= 4 is 61.1 Å². The first-order valence-corrected chi connectivity index (χ1v) is 14.7. The summed E-state index contributed by atoms with van der Waals surface area (Å²) in [5.74, 6) is 0.524. The van der Waals surface area contributed by atoms with Crippen LogP contribution in [-0.2, 0) is 29.6 Å². The molecule has 0 aliphatic carbocycles. The van der Waals surface area contributed by atoms with E-state index < -0.39 is 25.1 Å². The molecular weight excluding hydrogens is 576 g/mol. The maximum Gasteiger partial charge on any atom is 0.296 e. The van der Waals surface area contributed by atoms with Crippen LogP contribution in [0.2, 0.25) is 0 Å². The maximum atomic E-state index is 11.9. The van der Waals surface area contributed by atoms with Gasteiger partial charge in [-0.3, -0.25) is 9.11 Å². The van der Waals surface area contributed by atoms with Gasteiger partial charge in [-0.1, -0.05) is 5.04 Å². The van der Waals surface area contributed by atoms with E-state index in [0.29, 0.717) is 42.5 Å². The predicted molar refractivity (Wildman–Crippen MR) is 141 cm³/mol. The van der Waals surface area contributed by atoms with Gasteiger partial charge in [0.2, 0.25) is 5.95 Å². The van der Waals surface area contributed by atoms with Crippen LogP contribution in [0.1, 0.15) is 19.5 Å². The second kappa shape index (κ2) is 12.7.